The molecule has 0 N–H and O–H groups in total. The number of aromatic nitrogens is 2. The normalized spacial score (nSPS) is 12.7. The van der Waals surface area contributed by atoms with E-state index >= 15 is 0 Å². The van der Waals surface area contributed by atoms with Crippen LogP contribution in [0, 0.1) is 0 Å². The topological polar surface area (TPSA) is 25.8 Å². The Morgan fingerprint density at radius 2 is 0.745 bits per heavy atom. The van der Waals surface area contributed by atoms with Gasteiger partial charge >= 0.3 is 0 Å². The molecule has 0 spiro atoms. The van der Waals surface area contributed by atoms with Gasteiger partial charge in [-0.3, -0.25) is 0 Å². The van der Waals surface area contributed by atoms with Crippen LogP contribution in [0.3, 0.4) is 0 Å². The van der Waals surface area contributed by atoms with Gasteiger partial charge in [0.05, 0.1) is 11.4 Å². The van der Waals surface area contributed by atoms with Crippen molar-refractivity contribution in [3.8, 4) is 78.4 Å². The van der Waals surface area contributed by atoms with E-state index < -0.39 is 0 Å². The largest absolute Gasteiger partial charge is 0.228 e. The maximum absolute atomic E-state index is 5.08. The molecule has 2 nitrogen and oxygen atoms in total. The van der Waals surface area contributed by atoms with Gasteiger partial charge < -0.3 is 0 Å². The van der Waals surface area contributed by atoms with Crippen LogP contribution in [0.4, 0.5) is 0 Å². The summed E-state index contributed by atoms with van der Waals surface area (Å²) in [5.41, 5.74) is 17.5. The summed E-state index contributed by atoms with van der Waals surface area (Å²) in [5, 5.41) is 2.59. The number of benzene rings is 8. The first kappa shape index (κ1) is 32.7. The summed E-state index contributed by atoms with van der Waals surface area (Å²) < 4.78 is 0. The first-order chi connectivity index (χ1) is 27.0. The number of rotatable bonds is 6. The van der Waals surface area contributed by atoms with E-state index in [1.807, 2.05) is 24.3 Å². The van der Waals surface area contributed by atoms with Gasteiger partial charge in [-0.1, -0.05) is 178 Å². The molecule has 55 heavy (non-hydrogen) atoms. The first-order valence-corrected chi connectivity index (χ1v) is 19.0. The zero-order chi connectivity index (χ0) is 36.9. The van der Waals surface area contributed by atoms with Gasteiger partial charge in [0.15, 0.2) is 5.82 Å². The van der Waals surface area contributed by atoms with Crippen LogP contribution in [-0.2, 0) is 5.41 Å². The predicted molar refractivity (Wildman–Crippen MR) is 230 cm³/mol. The molecule has 1 heterocycles. The van der Waals surface area contributed by atoms with E-state index in [-0.39, 0.29) is 5.41 Å². The Bertz CT molecular complexity index is 2850. The Morgan fingerprint density at radius 1 is 0.309 bits per heavy atom. The van der Waals surface area contributed by atoms with Crippen molar-refractivity contribution in [3.05, 3.63) is 205 Å². The van der Waals surface area contributed by atoms with Crippen molar-refractivity contribution in [3.63, 3.8) is 0 Å². The SMILES string of the molecule is CC1(C)c2cc(-c3cccc(-c4ccc(-c5cc(-c6ccc(-c7ccccc7)cc6)nc(-c6ccccc6)n5)cc4)c3)ccc2-c2cc3ccccc3cc21. The molecule has 0 atom stereocenters. The Balaban J connectivity index is 0.969. The van der Waals surface area contributed by atoms with Gasteiger partial charge in [-0.15, -0.1) is 0 Å². The average molecular weight is 703 g/mol. The predicted octanol–water partition coefficient (Wildman–Crippen LogP) is 13.9. The lowest BCUT2D eigenvalue weighted by Gasteiger charge is -2.22. The van der Waals surface area contributed by atoms with Crippen molar-refractivity contribution in [2.45, 2.75) is 19.3 Å². The highest BCUT2D eigenvalue weighted by molar-refractivity contribution is 5.94. The molecule has 10 rings (SSSR count). The highest BCUT2D eigenvalue weighted by atomic mass is 14.9. The summed E-state index contributed by atoms with van der Waals surface area (Å²) in [5.74, 6) is 0.714. The molecule has 0 bridgehead atoms. The molecule has 0 unspecified atom stereocenters. The summed E-state index contributed by atoms with van der Waals surface area (Å²) in [7, 11) is 0. The molecule has 1 aromatic heterocycles. The van der Waals surface area contributed by atoms with Crippen LogP contribution in [0.2, 0.25) is 0 Å². The van der Waals surface area contributed by atoms with E-state index in [1.165, 1.54) is 66.4 Å². The zero-order valence-corrected chi connectivity index (χ0v) is 30.9. The van der Waals surface area contributed by atoms with Crippen molar-refractivity contribution < 1.29 is 0 Å². The fraction of sp³-hybridized carbons (Fsp3) is 0.0566. The molecule has 260 valence electrons. The van der Waals surface area contributed by atoms with Crippen LogP contribution in [-0.4, -0.2) is 9.97 Å². The van der Waals surface area contributed by atoms with Crippen LogP contribution in [0.15, 0.2) is 194 Å². The Morgan fingerprint density at radius 3 is 1.38 bits per heavy atom. The molecule has 0 fully saturated rings. The van der Waals surface area contributed by atoms with Gasteiger partial charge in [-0.05, 0) is 96.7 Å². The van der Waals surface area contributed by atoms with Gasteiger partial charge in [0.2, 0.25) is 0 Å². The second-order valence-electron chi connectivity index (χ2n) is 15.1. The van der Waals surface area contributed by atoms with Crippen LogP contribution in [0.1, 0.15) is 25.0 Å². The third kappa shape index (κ3) is 5.93. The number of nitrogens with zero attached hydrogens (tertiary/aromatic N) is 2. The van der Waals surface area contributed by atoms with Crippen LogP contribution in [0.25, 0.3) is 89.2 Å². The summed E-state index contributed by atoms with van der Waals surface area (Å²) in [4.78, 5) is 10.1. The van der Waals surface area contributed by atoms with E-state index in [9.17, 15) is 0 Å². The lowest BCUT2D eigenvalue weighted by atomic mass is 9.81. The monoisotopic (exact) mass is 702 g/mol. The van der Waals surface area contributed by atoms with E-state index in [2.05, 4.69) is 184 Å². The van der Waals surface area contributed by atoms with E-state index in [4.69, 9.17) is 9.97 Å². The van der Waals surface area contributed by atoms with E-state index in [0.29, 0.717) is 5.82 Å². The molecule has 0 amide bonds. The van der Waals surface area contributed by atoms with Crippen molar-refractivity contribution in [1.82, 2.24) is 9.97 Å². The van der Waals surface area contributed by atoms with Crippen LogP contribution in [0.5, 0.6) is 0 Å². The molecule has 1 aliphatic carbocycles. The Hall–Kier alpha value is -6.90. The molecule has 1 aliphatic rings. The van der Waals surface area contributed by atoms with Gasteiger partial charge in [0, 0.05) is 22.1 Å². The molecule has 0 radical (unpaired) electrons. The molecule has 0 aliphatic heterocycles. The maximum Gasteiger partial charge on any atom is 0.160 e. The minimum absolute atomic E-state index is 0.0784. The Labute approximate surface area is 322 Å². The fourth-order valence-electron chi connectivity index (χ4n) is 8.24. The number of hydrogen-bond donors (Lipinski definition) is 0. The van der Waals surface area contributed by atoms with E-state index in [1.54, 1.807) is 0 Å². The molecule has 0 saturated carbocycles. The van der Waals surface area contributed by atoms with Crippen LogP contribution < -0.4 is 0 Å². The lowest BCUT2D eigenvalue weighted by molar-refractivity contribution is 0.661. The molecule has 0 saturated heterocycles. The highest BCUT2D eigenvalue weighted by Gasteiger charge is 2.36. The summed E-state index contributed by atoms with van der Waals surface area (Å²) >= 11 is 0. The lowest BCUT2D eigenvalue weighted by Crippen LogP contribution is -2.15. The number of hydrogen-bond acceptors (Lipinski definition) is 2. The fourth-order valence-corrected chi connectivity index (χ4v) is 8.24. The summed E-state index contributed by atoms with van der Waals surface area (Å²) in [6.07, 6.45) is 0. The molecule has 8 aromatic carbocycles. The third-order valence-electron chi connectivity index (χ3n) is 11.3. The zero-order valence-electron chi connectivity index (χ0n) is 30.9. The highest BCUT2D eigenvalue weighted by Crippen LogP contribution is 2.51. The van der Waals surface area contributed by atoms with Crippen molar-refractivity contribution in [2.24, 2.45) is 0 Å². The quantitative estimate of drug-likeness (QED) is 0.172. The van der Waals surface area contributed by atoms with E-state index in [0.717, 1.165) is 28.1 Å². The third-order valence-corrected chi connectivity index (χ3v) is 11.3. The standard InChI is InChI=1S/C53H38N2/c1-53(2)48-33-45(28-29-46(48)47-31-43-16-9-10-17-44(43)32-49(47)53)42-19-11-18-41(30-42)37-22-26-39(27-23-37)51-34-50(54-52(55-51)40-14-7-4-8-15-40)38-24-20-36(21-25-38)35-12-5-3-6-13-35/h3-34H,1-2H3. The van der Waals surface area contributed by atoms with Crippen LogP contribution >= 0.6 is 0 Å². The average Bonchev–Trinajstić information content (AvgIpc) is 3.47. The summed E-state index contributed by atoms with van der Waals surface area (Å²) in [6.45, 7) is 4.72. The van der Waals surface area contributed by atoms with Crippen molar-refractivity contribution in [1.29, 1.82) is 0 Å². The smallest absolute Gasteiger partial charge is 0.160 e. The molecular weight excluding hydrogens is 665 g/mol. The van der Waals surface area contributed by atoms with Gasteiger partial charge in [0.1, 0.15) is 0 Å². The minimum atomic E-state index is -0.0784. The molecule has 2 heteroatoms. The first-order valence-electron chi connectivity index (χ1n) is 19.0. The Kier molecular flexibility index (Phi) is 7.85. The van der Waals surface area contributed by atoms with Gasteiger partial charge in [0.25, 0.3) is 0 Å². The van der Waals surface area contributed by atoms with Crippen molar-refractivity contribution >= 4 is 10.8 Å². The maximum atomic E-state index is 5.08. The van der Waals surface area contributed by atoms with Gasteiger partial charge in [-0.25, -0.2) is 9.97 Å². The molecular formula is C53H38N2. The van der Waals surface area contributed by atoms with Crippen molar-refractivity contribution in [2.75, 3.05) is 0 Å². The summed E-state index contributed by atoms with van der Waals surface area (Å²) in [6, 6.07) is 69.6. The van der Waals surface area contributed by atoms with Gasteiger partial charge in [-0.2, -0.15) is 0 Å². The molecule has 9 aromatic rings. The number of fused-ring (bicyclic) bond motifs is 4. The second kappa shape index (κ2) is 13.2. The second-order valence-corrected chi connectivity index (χ2v) is 15.1. The minimum Gasteiger partial charge on any atom is -0.228 e.